The predicted molar refractivity (Wildman–Crippen MR) is 86.5 cm³/mol. The second kappa shape index (κ2) is 6.17. The van der Waals surface area contributed by atoms with E-state index in [9.17, 15) is 5.26 Å². The third-order valence-corrected chi connectivity index (χ3v) is 4.81. The van der Waals surface area contributed by atoms with E-state index in [2.05, 4.69) is 31.7 Å². The first-order valence-electron chi connectivity index (χ1n) is 7.83. The van der Waals surface area contributed by atoms with E-state index in [0.717, 1.165) is 31.1 Å². The summed E-state index contributed by atoms with van der Waals surface area (Å²) in [6.45, 7) is 10.1. The summed E-state index contributed by atoms with van der Waals surface area (Å²) in [7, 11) is 0. The van der Waals surface area contributed by atoms with Crippen molar-refractivity contribution in [3.8, 4) is 6.07 Å². The summed E-state index contributed by atoms with van der Waals surface area (Å²) in [6, 6.07) is 12.1. The molecule has 1 aliphatic heterocycles. The van der Waals surface area contributed by atoms with Gasteiger partial charge < -0.3 is 10.6 Å². The van der Waals surface area contributed by atoms with Gasteiger partial charge in [-0.05, 0) is 36.3 Å². The summed E-state index contributed by atoms with van der Waals surface area (Å²) < 4.78 is 0. The number of hydrogen-bond donors (Lipinski definition) is 1. The molecule has 1 aromatic rings. The maximum atomic E-state index is 9.50. The van der Waals surface area contributed by atoms with Crippen LogP contribution in [0.5, 0.6) is 0 Å². The lowest BCUT2D eigenvalue weighted by Gasteiger charge is -2.28. The normalized spacial score (nSPS) is 22.7. The van der Waals surface area contributed by atoms with Crippen LogP contribution in [0, 0.1) is 22.7 Å². The van der Waals surface area contributed by atoms with Gasteiger partial charge in [0.25, 0.3) is 0 Å². The number of hydrogen-bond acceptors (Lipinski definition) is 3. The molecule has 0 aliphatic carbocycles. The average Bonchev–Trinajstić information content (AvgIpc) is 2.95. The Balaban J connectivity index is 1.95. The van der Waals surface area contributed by atoms with E-state index >= 15 is 0 Å². The smallest absolute Gasteiger partial charge is 0.131 e. The first-order valence-corrected chi connectivity index (χ1v) is 7.83. The number of likely N-dealkylation sites (tertiary alicyclic amines) is 1. The fourth-order valence-electron chi connectivity index (χ4n) is 3.08. The highest BCUT2D eigenvalue weighted by atomic mass is 15.1. The van der Waals surface area contributed by atoms with E-state index in [4.69, 9.17) is 5.73 Å². The maximum absolute atomic E-state index is 9.50. The lowest BCUT2D eigenvalue weighted by atomic mass is 9.80. The van der Waals surface area contributed by atoms with Gasteiger partial charge in [-0.25, -0.2) is 0 Å². The van der Waals surface area contributed by atoms with Crippen molar-refractivity contribution in [2.45, 2.75) is 39.2 Å². The van der Waals surface area contributed by atoms with E-state index in [1.807, 2.05) is 30.3 Å². The Morgan fingerprint density at radius 1 is 1.29 bits per heavy atom. The molecule has 0 radical (unpaired) electrons. The molecular weight excluding hydrogens is 258 g/mol. The second-order valence-corrected chi connectivity index (χ2v) is 7.35. The quantitative estimate of drug-likeness (QED) is 0.924. The molecule has 1 aliphatic rings. The fraction of sp³-hybridized carbons (Fsp3) is 0.611. The standard InChI is InChI=1S/C18H27N3/c1-17(2,3)16-9-11-21(13-16)12-10-18(20,14-19)15-7-5-4-6-8-15/h4-8,16H,9-13,20H2,1-3H3. The second-order valence-electron chi connectivity index (χ2n) is 7.35. The molecule has 0 bridgehead atoms. The zero-order valence-corrected chi connectivity index (χ0v) is 13.5. The van der Waals surface area contributed by atoms with Gasteiger partial charge >= 0.3 is 0 Å². The molecule has 0 spiro atoms. The average molecular weight is 285 g/mol. The van der Waals surface area contributed by atoms with Crippen LogP contribution in [0.3, 0.4) is 0 Å². The molecule has 0 saturated carbocycles. The molecule has 1 heterocycles. The van der Waals surface area contributed by atoms with E-state index in [0.29, 0.717) is 11.8 Å². The lowest BCUT2D eigenvalue weighted by Crippen LogP contribution is -2.39. The van der Waals surface area contributed by atoms with Crippen molar-refractivity contribution in [1.82, 2.24) is 4.90 Å². The SMILES string of the molecule is CC(C)(C)C1CCN(CCC(N)(C#N)c2ccccc2)C1. The van der Waals surface area contributed by atoms with Crippen LogP contribution in [0.25, 0.3) is 0 Å². The van der Waals surface area contributed by atoms with Crippen molar-refractivity contribution in [3.63, 3.8) is 0 Å². The van der Waals surface area contributed by atoms with Crippen LogP contribution in [0.15, 0.2) is 30.3 Å². The minimum absolute atomic E-state index is 0.364. The van der Waals surface area contributed by atoms with Crippen LogP contribution in [0.1, 0.15) is 39.2 Å². The van der Waals surface area contributed by atoms with Gasteiger partial charge in [0.05, 0.1) is 6.07 Å². The Hall–Kier alpha value is -1.37. The molecule has 21 heavy (non-hydrogen) atoms. The van der Waals surface area contributed by atoms with Crippen molar-refractivity contribution in [2.24, 2.45) is 17.1 Å². The van der Waals surface area contributed by atoms with Crippen LogP contribution >= 0.6 is 0 Å². The van der Waals surface area contributed by atoms with Gasteiger partial charge in [0.15, 0.2) is 0 Å². The number of rotatable bonds is 4. The van der Waals surface area contributed by atoms with Gasteiger partial charge in [-0.1, -0.05) is 51.1 Å². The minimum Gasteiger partial charge on any atom is -0.310 e. The van der Waals surface area contributed by atoms with Crippen LogP contribution in [-0.4, -0.2) is 24.5 Å². The molecular formula is C18H27N3. The summed E-state index contributed by atoms with van der Waals surface area (Å²) in [5.41, 5.74) is 6.74. The molecule has 1 aromatic carbocycles. The molecule has 2 rings (SSSR count). The number of nitriles is 1. The molecule has 2 atom stereocenters. The maximum Gasteiger partial charge on any atom is 0.131 e. The third kappa shape index (κ3) is 3.84. The summed E-state index contributed by atoms with van der Waals surface area (Å²) in [5, 5.41) is 9.50. The predicted octanol–water partition coefficient (Wildman–Crippen LogP) is 3.12. The molecule has 114 valence electrons. The topological polar surface area (TPSA) is 53.0 Å². The Morgan fingerprint density at radius 3 is 2.48 bits per heavy atom. The zero-order valence-electron chi connectivity index (χ0n) is 13.5. The summed E-state index contributed by atoms with van der Waals surface area (Å²) >= 11 is 0. The van der Waals surface area contributed by atoms with Gasteiger partial charge in [0, 0.05) is 13.1 Å². The Labute approximate surface area is 128 Å². The summed E-state index contributed by atoms with van der Waals surface area (Å²) in [5.74, 6) is 0.739. The van der Waals surface area contributed by atoms with Crippen molar-refractivity contribution < 1.29 is 0 Å². The van der Waals surface area contributed by atoms with Gasteiger partial charge in [-0.15, -0.1) is 0 Å². The van der Waals surface area contributed by atoms with E-state index < -0.39 is 5.54 Å². The third-order valence-electron chi connectivity index (χ3n) is 4.81. The van der Waals surface area contributed by atoms with Crippen molar-refractivity contribution in [1.29, 1.82) is 5.26 Å². The van der Waals surface area contributed by atoms with E-state index in [1.54, 1.807) is 0 Å². The summed E-state index contributed by atoms with van der Waals surface area (Å²) in [6.07, 6.45) is 1.93. The molecule has 2 N–H and O–H groups in total. The van der Waals surface area contributed by atoms with E-state index in [1.165, 1.54) is 6.42 Å². The first kappa shape index (κ1) is 16.0. The van der Waals surface area contributed by atoms with Crippen LogP contribution in [0.4, 0.5) is 0 Å². The summed E-state index contributed by atoms with van der Waals surface area (Å²) in [4.78, 5) is 2.46. The number of benzene rings is 1. The highest BCUT2D eigenvalue weighted by Gasteiger charge is 2.33. The molecule has 0 amide bonds. The molecule has 3 nitrogen and oxygen atoms in total. The Bertz CT molecular complexity index is 497. The monoisotopic (exact) mass is 285 g/mol. The molecule has 1 saturated heterocycles. The van der Waals surface area contributed by atoms with Crippen molar-refractivity contribution in [3.05, 3.63) is 35.9 Å². The van der Waals surface area contributed by atoms with Gasteiger partial charge in [0.2, 0.25) is 0 Å². The Kier molecular flexibility index (Phi) is 4.70. The van der Waals surface area contributed by atoms with Crippen molar-refractivity contribution >= 4 is 0 Å². The largest absolute Gasteiger partial charge is 0.310 e. The zero-order chi connectivity index (χ0) is 15.5. The first-order chi connectivity index (χ1) is 9.85. The fourth-order valence-corrected chi connectivity index (χ4v) is 3.08. The van der Waals surface area contributed by atoms with Gasteiger partial charge in [-0.2, -0.15) is 5.26 Å². The Morgan fingerprint density at radius 2 is 1.95 bits per heavy atom. The van der Waals surface area contributed by atoms with Gasteiger partial charge in [-0.3, -0.25) is 0 Å². The molecule has 3 heteroatoms. The number of nitrogens with zero attached hydrogens (tertiary/aromatic N) is 2. The number of nitrogens with two attached hydrogens (primary N) is 1. The van der Waals surface area contributed by atoms with Crippen LogP contribution in [-0.2, 0) is 5.54 Å². The molecule has 1 fully saturated rings. The van der Waals surface area contributed by atoms with Crippen LogP contribution < -0.4 is 5.73 Å². The minimum atomic E-state index is -0.874. The van der Waals surface area contributed by atoms with E-state index in [-0.39, 0.29) is 0 Å². The highest BCUT2D eigenvalue weighted by molar-refractivity contribution is 5.30. The highest BCUT2D eigenvalue weighted by Crippen LogP contribution is 2.34. The molecule has 2 unspecified atom stereocenters. The van der Waals surface area contributed by atoms with Gasteiger partial charge in [0.1, 0.15) is 5.54 Å². The lowest BCUT2D eigenvalue weighted by molar-refractivity contribution is 0.223. The van der Waals surface area contributed by atoms with Crippen LogP contribution in [0.2, 0.25) is 0 Å². The molecule has 0 aromatic heterocycles. The van der Waals surface area contributed by atoms with Crippen molar-refractivity contribution in [2.75, 3.05) is 19.6 Å².